The Morgan fingerprint density at radius 2 is 2.06 bits per heavy atom. The van der Waals surface area contributed by atoms with Gasteiger partial charge in [0, 0.05) is 19.3 Å². The summed E-state index contributed by atoms with van der Waals surface area (Å²) < 4.78 is 0. The van der Waals surface area contributed by atoms with E-state index in [2.05, 4.69) is 29.3 Å². The Balaban J connectivity index is 2.52. The highest BCUT2D eigenvalue weighted by Crippen LogP contribution is 2.17. The van der Waals surface area contributed by atoms with Crippen molar-refractivity contribution in [2.24, 2.45) is 0 Å². The first-order chi connectivity index (χ1) is 7.65. The summed E-state index contributed by atoms with van der Waals surface area (Å²) in [5.74, 6) is 0. The Hall–Kier alpha value is -1.06. The van der Waals surface area contributed by atoms with Crippen LogP contribution in [0.1, 0.15) is 12.0 Å². The van der Waals surface area contributed by atoms with Gasteiger partial charge < -0.3 is 15.3 Å². The lowest BCUT2D eigenvalue weighted by atomic mass is 10.1. The third kappa shape index (κ3) is 3.83. The molecule has 0 fully saturated rings. The average molecular weight is 222 g/mol. The Bertz CT molecular complexity index is 315. The van der Waals surface area contributed by atoms with Crippen LogP contribution < -0.4 is 10.2 Å². The van der Waals surface area contributed by atoms with Crippen molar-refractivity contribution in [2.75, 3.05) is 32.1 Å². The minimum absolute atomic E-state index is 0.281. The van der Waals surface area contributed by atoms with Crippen LogP contribution >= 0.6 is 0 Å². The maximum absolute atomic E-state index is 9.82. The molecule has 1 rings (SSSR count). The lowest BCUT2D eigenvalue weighted by Gasteiger charge is -2.24. The molecule has 1 aromatic rings. The van der Waals surface area contributed by atoms with Gasteiger partial charge in [0.15, 0.2) is 0 Å². The van der Waals surface area contributed by atoms with E-state index in [4.69, 9.17) is 0 Å². The largest absolute Gasteiger partial charge is 0.391 e. The van der Waals surface area contributed by atoms with Gasteiger partial charge in [-0.25, -0.2) is 0 Å². The molecule has 0 radical (unpaired) electrons. The zero-order valence-corrected chi connectivity index (χ0v) is 10.4. The van der Waals surface area contributed by atoms with Crippen molar-refractivity contribution >= 4 is 5.69 Å². The van der Waals surface area contributed by atoms with Gasteiger partial charge in [0.05, 0.1) is 6.10 Å². The van der Waals surface area contributed by atoms with Gasteiger partial charge in [0.1, 0.15) is 0 Å². The molecular formula is C13H22N2O. The molecule has 0 saturated carbocycles. The summed E-state index contributed by atoms with van der Waals surface area (Å²) in [4.78, 5) is 2.11. The SMILES string of the molecule is CNCCC(O)CN(C)c1ccccc1C. The first-order valence-electron chi connectivity index (χ1n) is 5.74. The normalized spacial score (nSPS) is 12.5. The van der Waals surface area contributed by atoms with Crippen molar-refractivity contribution in [2.45, 2.75) is 19.4 Å². The van der Waals surface area contributed by atoms with Gasteiger partial charge >= 0.3 is 0 Å². The monoisotopic (exact) mass is 222 g/mol. The Kier molecular flexibility index (Phi) is 5.29. The highest BCUT2D eigenvalue weighted by Gasteiger charge is 2.09. The number of aliphatic hydroxyl groups is 1. The molecule has 3 heteroatoms. The van der Waals surface area contributed by atoms with Crippen LogP contribution in [0, 0.1) is 6.92 Å². The van der Waals surface area contributed by atoms with Crippen LogP contribution in [0.4, 0.5) is 5.69 Å². The number of nitrogens with one attached hydrogen (secondary N) is 1. The van der Waals surface area contributed by atoms with Crippen LogP contribution in [0.15, 0.2) is 24.3 Å². The maximum atomic E-state index is 9.82. The van der Waals surface area contributed by atoms with Gasteiger partial charge in [-0.15, -0.1) is 0 Å². The zero-order chi connectivity index (χ0) is 12.0. The lowest BCUT2D eigenvalue weighted by Crippen LogP contribution is -2.31. The molecule has 0 saturated heterocycles. The molecule has 90 valence electrons. The number of benzene rings is 1. The third-order valence-corrected chi connectivity index (χ3v) is 2.74. The molecule has 0 aliphatic heterocycles. The first-order valence-corrected chi connectivity index (χ1v) is 5.74. The van der Waals surface area contributed by atoms with Crippen LogP contribution in [-0.4, -0.2) is 38.4 Å². The summed E-state index contributed by atoms with van der Waals surface area (Å²) in [6, 6.07) is 8.23. The van der Waals surface area contributed by atoms with E-state index in [1.807, 2.05) is 26.2 Å². The summed E-state index contributed by atoms with van der Waals surface area (Å²) in [6.45, 7) is 3.61. The Labute approximate surface area is 98.1 Å². The molecule has 16 heavy (non-hydrogen) atoms. The van der Waals surface area contributed by atoms with Gasteiger partial charge in [-0.05, 0) is 38.6 Å². The molecule has 1 atom stereocenters. The fourth-order valence-corrected chi connectivity index (χ4v) is 1.81. The topological polar surface area (TPSA) is 35.5 Å². The van der Waals surface area contributed by atoms with E-state index in [1.54, 1.807) is 0 Å². The minimum atomic E-state index is -0.281. The average Bonchev–Trinajstić information content (AvgIpc) is 2.26. The van der Waals surface area contributed by atoms with Crippen molar-refractivity contribution in [1.82, 2.24) is 5.32 Å². The molecule has 0 bridgehead atoms. The summed E-state index contributed by atoms with van der Waals surface area (Å²) in [6.07, 6.45) is 0.504. The van der Waals surface area contributed by atoms with E-state index < -0.39 is 0 Å². The second kappa shape index (κ2) is 6.51. The quantitative estimate of drug-likeness (QED) is 0.764. The van der Waals surface area contributed by atoms with Crippen molar-refractivity contribution in [1.29, 1.82) is 0 Å². The Morgan fingerprint density at radius 3 is 2.69 bits per heavy atom. The van der Waals surface area contributed by atoms with E-state index in [0.29, 0.717) is 6.54 Å². The molecule has 0 spiro atoms. The standard InChI is InChI=1S/C13H22N2O/c1-11-6-4-5-7-13(11)15(3)10-12(16)8-9-14-2/h4-7,12,14,16H,8-10H2,1-3H3. The number of hydrogen-bond acceptors (Lipinski definition) is 3. The number of anilines is 1. The van der Waals surface area contributed by atoms with Gasteiger partial charge in [-0.3, -0.25) is 0 Å². The van der Waals surface area contributed by atoms with Crippen LogP contribution in [-0.2, 0) is 0 Å². The summed E-state index contributed by atoms with van der Waals surface area (Å²) in [7, 11) is 3.92. The number of likely N-dealkylation sites (N-methyl/N-ethyl adjacent to an activating group) is 1. The predicted octanol–water partition coefficient (Wildman–Crippen LogP) is 1.40. The lowest BCUT2D eigenvalue weighted by molar-refractivity contribution is 0.171. The minimum Gasteiger partial charge on any atom is -0.391 e. The molecule has 3 nitrogen and oxygen atoms in total. The van der Waals surface area contributed by atoms with E-state index in [-0.39, 0.29) is 6.10 Å². The summed E-state index contributed by atoms with van der Waals surface area (Å²) in [5.41, 5.74) is 2.43. The third-order valence-electron chi connectivity index (χ3n) is 2.74. The van der Waals surface area contributed by atoms with Crippen molar-refractivity contribution < 1.29 is 5.11 Å². The fourth-order valence-electron chi connectivity index (χ4n) is 1.81. The second-order valence-corrected chi connectivity index (χ2v) is 4.21. The first kappa shape index (κ1) is 13.0. The van der Waals surface area contributed by atoms with Crippen LogP contribution in [0.3, 0.4) is 0 Å². The Morgan fingerprint density at radius 1 is 1.38 bits per heavy atom. The van der Waals surface area contributed by atoms with Crippen molar-refractivity contribution in [3.8, 4) is 0 Å². The molecule has 0 amide bonds. The number of rotatable bonds is 6. The van der Waals surface area contributed by atoms with Crippen LogP contribution in [0.5, 0.6) is 0 Å². The molecule has 1 unspecified atom stereocenters. The highest BCUT2D eigenvalue weighted by atomic mass is 16.3. The number of para-hydroxylation sites is 1. The molecule has 0 aromatic heterocycles. The van der Waals surface area contributed by atoms with Crippen LogP contribution in [0.25, 0.3) is 0 Å². The number of hydrogen-bond donors (Lipinski definition) is 2. The predicted molar refractivity (Wildman–Crippen MR) is 69.0 cm³/mol. The summed E-state index contributed by atoms with van der Waals surface area (Å²) >= 11 is 0. The highest BCUT2D eigenvalue weighted by molar-refractivity contribution is 5.52. The fraction of sp³-hybridized carbons (Fsp3) is 0.538. The number of nitrogens with zero attached hydrogens (tertiary/aromatic N) is 1. The van der Waals surface area contributed by atoms with E-state index >= 15 is 0 Å². The van der Waals surface area contributed by atoms with Gasteiger partial charge in [-0.2, -0.15) is 0 Å². The maximum Gasteiger partial charge on any atom is 0.0727 e. The van der Waals surface area contributed by atoms with E-state index in [0.717, 1.165) is 13.0 Å². The van der Waals surface area contributed by atoms with Gasteiger partial charge in [0.25, 0.3) is 0 Å². The van der Waals surface area contributed by atoms with Gasteiger partial charge in [0.2, 0.25) is 0 Å². The van der Waals surface area contributed by atoms with Crippen molar-refractivity contribution in [3.63, 3.8) is 0 Å². The summed E-state index contributed by atoms with van der Waals surface area (Å²) in [5, 5.41) is 12.9. The number of aryl methyl sites for hydroxylation is 1. The molecule has 0 aliphatic rings. The molecule has 0 heterocycles. The molecule has 1 aromatic carbocycles. The van der Waals surface area contributed by atoms with Crippen molar-refractivity contribution in [3.05, 3.63) is 29.8 Å². The zero-order valence-electron chi connectivity index (χ0n) is 10.4. The van der Waals surface area contributed by atoms with E-state index in [1.165, 1.54) is 11.3 Å². The smallest absolute Gasteiger partial charge is 0.0727 e. The molecular weight excluding hydrogens is 200 g/mol. The second-order valence-electron chi connectivity index (χ2n) is 4.21. The van der Waals surface area contributed by atoms with Gasteiger partial charge in [-0.1, -0.05) is 18.2 Å². The van der Waals surface area contributed by atoms with Crippen LogP contribution in [0.2, 0.25) is 0 Å². The molecule has 2 N–H and O–H groups in total. The molecule has 0 aliphatic carbocycles. The van der Waals surface area contributed by atoms with E-state index in [9.17, 15) is 5.11 Å². The number of aliphatic hydroxyl groups excluding tert-OH is 1.